The molecule has 2 heterocycles. The summed E-state index contributed by atoms with van der Waals surface area (Å²) >= 11 is 5.92. The molecule has 2 amide bonds. The lowest BCUT2D eigenvalue weighted by Crippen LogP contribution is -2.43. The number of rotatable bonds is 5. The summed E-state index contributed by atoms with van der Waals surface area (Å²) in [5, 5.41) is 12.8. The lowest BCUT2D eigenvalue weighted by atomic mass is 9.92. The lowest BCUT2D eigenvalue weighted by Gasteiger charge is -2.29. The van der Waals surface area contributed by atoms with Gasteiger partial charge in [0.05, 0.1) is 5.92 Å². The molecule has 1 aliphatic heterocycles. The van der Waals surface area contributed by atoms with Gasteiger partial charge in [-0.2, -0.15) is 5.26 Å². The summed E-state index contributed by atoms with van der Waals surface area (Å²) < 4.78 is 5.85. The number of halogens is 1. The molecule has 1 aromatic heterocycles. The Hall–Kier alpha value is -3.18. The third-order valence-electron chi connectivity index (χ3n) is 5.70. The molecule has 1 unspecified atom stereocenters. The Balaban J connectivity index is 1.27. The van der Waals surface area contributed by atoms with Crippen molar-refractivity contribution < 1.29 is 14.3 Å². The zero-order valence-corrected chi connectivity index (χ0v) is 17.6. The summed E-state index contributed by atoms with van der Waals surface area (Å²) in [7, 11) is 0. The van der Waals surface area contributed by atoms with E-state index in [4.69, 9.17) is 21.6 Å². The Bertz CT molecular complexity index is 999. The molecule has 2 fully saturated rings. The fraction of sp³-hybridized carbons (Fsp3) is 0.409. The highest BCUT2D eigenvalue weighted by Gasteiger charge is 2.36. The molecule has 2 aliphatic rings. The van der Waals surface area contributed by atoms with Crippen molar-refractivity contribution in [3.63, 3.8) is 0 Å². The number of nitrogens with zero attached hydrogens (tertiary/aromatic N) is 4. The molecule has 1 aliphatic carbocycles. The second-order valence-corrected chi connectivity index (χ2v) is 8.24. The van der Waals surface area contributed by atoms with Gasteiger partial charge in [-0.15, -0.1) is 0 Å². The summed E-state index contributed by atoms with van der Waals surface area (Å²) in [6.07, 6.45) is 6.11. The van der Waals surface area contributed by atoms with E-state index in [1.165, 1.54) is 12.4 Å². The highest BCUT2D eigenvalue weighted by molar-refractivity contribution is 6.30. The van der Waals surface area contributed by atoms with E-state index in [0.29, 0.717) is 11.6 Å². The topological polar surface area (TPSA) is 108 Å². The van der Waals surface area contributed by atoms with E-state index >= 15 is 0 Å². The van der Waals surface area contributed by atoms with Crippen LogP contribution < -0.4 is 15.0 Å². The number of carbonyl (C=O) groups excluding carboxylic acids is 2. The van der Waals surface area contributed by atoms with Crippen molar-refractivity contribution in [2.75, 3.05) is 11.4 Å². The van der Waals surface area contributed by atoms with E-state index < -0.39 is 0 Å². The van der Waals surface area contributed by atoms with Crippen LogP contribution in [0, 0.1) is 17.2 Å². The Morgan fingerprint density at radius 3 is 2.58 bits per heavy atom. The molecule has 31 heavy (non-hydrogen) atoms. The molecule has 0 radical (unpaired) electrons. The van der Waals surface area contributed by atoms with Crippen LogP contribution in [0.3, 0.4) is 0 Å². The van der Waals surface area contributed by atoms with E-state index in [2.05, 4.69) is 15.3 Å². The predicted octanol–water partition coefficient (Wildman–Crippen LogP) is 2.86. The van der Waals surface area contributed by atoms with Gasteiger partial charge < -0.3 is 15.0 Å². The van der Waals surface area contributed by atoms with Gasteiger partial charge in [-0.25, -0.2) is 9.97 Å². The van der Waals surface area contributed by atoms with Gasteiger partial charge in [-0.05, 0) is 49.9 Å². The maximum absolute atomic E-state index is 12.7. The number of ether oxygens (including phenoxy) is 1. The lowest BCUT2D eigenvalue weighted by molar-refractivity contribution is -0.127. The maximum Gasteiger partial charge on any atom is 0.251 e. The minimum Gasteiger partial charge on any atom is -0.472 e. The van der Waals surface area contributed by atoms with Crippen molar-refractivity contribution in [2.45, 2.75) is 44.2 Å². The first-order chi connectivity index (χ1) is 15.0. The molecule has 1 aromatic carbocycles. The monoisotopic (exact) mass is 439 g/mol. The summed E-state index contributed by atoms with van der Waals surface area (Å²) in [4.78, 5) is 34.8. The molecule has 4 rings (SSSR count). The summed E-state index contributed by atoms with van der Waals surface area (Å²) in [5.41, 5.74) is 0.928. The van der Waals surface area contributed by atoms with Crippen molar-refractivity contribution in [3.05, 3.63) is 47.4 Å². The molecular formula is C22H22ClN5O3. The number of benzene rings is 1. The first kappa shape index (κ1) is 21.1. The van der Waals surface area contributed by atoms with E-state index in [0.717, 1.165) is 31.4 Å². The highest BCUT2D eigenvalue weighted by Crippen LogP contribution is 2.28. The van der Waals surface area contributed by atoms with E-state index in [9.17, 15) is 9.59 Å². The molecule has 160 valence electrons. The van der Waals surface area contributed by atoms with Gasteiger partial charge in [0.2, 0.25) is 17.5 Å². The van der Waals surface area contributed by atoms with Crippen LogP contribution in [0.4, 0.5) is 5.69 Å². The van der Waals surface area contributed by atoms with Gasteiger partial charge in [0.25, 0.3) is 5.88 Å². The van der Waals surface area contributed by atoms with Crippen molar-refractivity contribution in [1.29, 1.82) is 5.26 Å². The molecule has 0 bridgehead atoms. The third-order valence-corrected chi connectivity index (χ3v) is 5.96. The number of aromatic nitrogens is 2. The number of nitriles is 1. The minimum atomic E-state index is -0.366. The standard InChI is InChI=1S/C22H22ClN5O3/c23-15-1-5-17(6-2-15)28-13-14(11-20(28)29)21(30)27-16-3-7-18(8-4-16)31-22-19(12-24)25-9-10-26-22/h1-2,5-6,9-10,14,16,18H,3-4,7-8,11,13H2,(H,27,30). The van der Waals surface area contributed by atoms with Gasteiger partial charge in [-0.3, -0.25) is 9.59 Å². The van der Waals surface area contributed by atoms with Crippen LogP contribution in [0.1, 0.15) is 37.8 Å². The van der Waals surface area contributed by atoms with E-state index in [1.807, 2.05) is 6.07 Å². The zero-order valence-electron chi connectivity index (χ0n) is 16.8. The quantitative estimate of drug-likeness (QED) is 0.767. The van der Waals surface area contributed by atoms with Crippen LogP contribution in [0.2, 0.25) is 5.02 Å². The SMILES string of the molecule is N#Cc1nccnc1OC1CCC(NC(=O)C2CC(=O)N(c3ccc(Cl)cc3)C2)CC1. The molecule has 1 saturated carbocycles. The fourth-order valence-corrected chi connectivity index (χ4v) is 4.17. The Kier molecular flexibility index (Phi) is 6.33. The second-order valence-electron chi connectivity index (χ2n) is 7.80. The van der Waals surface area contributed by atoms with Gasteiger partial charge in [0.1, 0.15) is 12.2 Å². The first-order valence-corrected chi connectivity index (χ1v) is 10.7. The van der Waals surface area contributed by atoms with Crippen LogP contribution in [0.25, 0.3) is 0 Å². The molecule has 9 heteroatoms. The van der Waals surface area contributed by atoms with Crippen LogP contribution in [0.15, 0.2) is 36.7 Å². The normalized spacial score (nSPS) is 23.3. The average molecular weight is 440 g/mol. The van der Waals surface area contributed by atoms with Crippen molar-refractivity contribution in [2.24, 2.45) is 5.92 Å². The summed E-state index contributed by atoms with van der Waals surface area (Å²) in [5.74, 6) is -0.258. The molecule has 2 aromatic rings. The maximum atomic E-state index is 12.7. The zero-order chi connectivity index (χ0) is 21.8. The van der Waals surface area contributed by atoms with E-state index in [-0.39, 0.29) is 47.9 Å². The van der Waals surface area contributed by atoms with Crippen LogP contribution in [-0.2, 0) is 9.59 Å². The third kappa shape index (κ3) is 4.94. The van der Waals surface area contributed by atoms with Crippen LogP contribution in [0.5, 0.6) is 5.88 Å². The second kappa shape index (κ2) is 9.31. The van der Waals surface area contributed by atoms with E-state index in [1.54, 1.807) is 29.2 Å². The Morgan fingerprint density at radius 2 is 1.87 bits per heavy atom. The van der Waals surface area contributed by atoms with Crippen molar-refractivity contribution in [3.8, 4) is 11.9 Å². The van der Waals surface area contributed by atoms with Crippen LogP contribution in [-0.4, -0.2) is 40.5 Å². The first-order valence-electron chi connectivity index (χ1n) is 10.3. The summed E-state index contributed by atoms with van der Waals surface area (Å²) in [6.45, 7) is 0.369. The Morgan fingerprint density at radius 1 is 1.16 bits per heavy atom. The predicted molar refractivity (Wildman–Crippen MR) is 113 cm³/mol. The summed E-state index contributed by atoms with van der Waals surface area (Å²) in [6, 6.07) is 9.07. The van der Waals surface area contributed by atoms with Crippen LogP contribution >= 0.6 is 11.6 Å². The molecule has 8 nitrogen and oxygen atoms in total. The molecular weight excluding hydrogens is 418 g/mol. The number of amides is 2. The molecule has 1 atom stereocenters. The highest BCUT2D eigenvalue weighted by atomic mass is 35.5. The van der Waals surface area contributed by atoms with Crippen molar-refractivity contribution in [1.82, 2.24) is 15.3 Å². The fourth-order valence-electron chi connectivity index (χ4n) is 4.04. The number of nitrogens with one attached hydrogen (secondary N) is 1. The van der Waals surface area contributed by atoms with Crippen molar-refractivity contribution >= 4 is 29.1 Å². The minimum absolute atomic E-state index is 0.0457. The molecule has 1 N–H and O–H groups in total. The number of hydrogen-bond donors (Lipinski definition) is 1. The molecule has 0 spiro atoms. The Labute approximate surface area is 185 Å². The van der Waals surface area contributed by atoms with Gasteiger partial charge >= 0.3 is 0 Å². The average Bonchev–Trinajstić information content (AvgIpc) is 3.18. The number of carbonyl (C=O) groups is 2. The number of hydrogen-bond acceptors (Lipinski definition) is 6. The molecule has 1 saturated heterocycles. The van der Waals surface area contributed by atoms with Gasteiger partial charge in [0.15, 0.2) is 0 Å². The van der Waals surface area contributed by atoms with Gasteiger partial charge in [-0.1, -0.05) is 11.6 Å². The largest absolute Gasteiger partial charge is 0.472 e. The number of anilines is 1. The smallest absolute Gasteiger partial charge is 0.251 e. The van der Waals surface area contributed by atoms with Gasteiger partial charge in [0, 0.05) is 42.1 Å².